The number of hydrogen-bond donors (Lipinski definition) is 0. The molecule has 0 aliphatic carbocycles. The molecule has 0 bridgehead atoms. The molecule has 1 aromatic carbocycles. The number of carbonyl (C=O) groups excluding carboxylic acids is 1. The Morgan fingerprint density at radius 2 is 2.04 bits per heavy atom. The van der Waals surface area contributed by atoms with Gasteiger partial charge in [-0.25, -0.2) is 0 Å². The molecule has 2 aliphatic heterocycles. The van der Waals surface area contributed by atoms with Crippen LogP contribution in [0.1, 0.15) is 22.6 Å². The highest BCUT2D eigenvalue weighted by molar-refractivity contribution is 5.93. The number of rotatable bonds is 5. The number of hydrogen-bond acceptors (Lipinski definition) is 4. The molecule has 0 radical (unpaired) electrons. The van der Waals surface area contributed by atoms with Gasteiger partial charge >= 0.3 is 6.11 Å². The van der Waals surface area contributed by atoms with Gasteiger partial charge in [-0.05, 0) is 18.2 Å². The number of carbonyl (C=O) groups is 1. The SMILES string of the molecule is O=C1c2cc(COc3ccccc3)nn2CCN1CC1CC(F)(F)O1. The van der Waals surface area contributed by atoms with Crippen LogP contribution in [-0.4, -0.2) is 45.9 Å². The third-order valence-corrected chi connectivity index (χ3v) is 4.28. The van der Waals surface area contributed by atoms with Crippen LogP contribution in [-0.2, 0) is 17.9 Å². The predicted octanol–water partition coefficient (Wildman–Crippen LogP) is 2.30. The summed E-state index contributed by atoms with van der Waals surface area (Å²) in [6.45, 7) is 1.39. The van der Waals surface area contributed by atoms with E-state index in [1.807, 2.05) is 30.3 Å². The van der Waals surface area contributed by atoms with Gasteiger partial charge in [0.1, 0.15) is 23.7 Å². The molecule has 0 N–H and O–H groups in total. The summed E-state index contributed by atoms with van der Waals surface area (Å²) in [5.41, 5.74) is 1.10. The number of fused-ring (bicyclic) bond motifs is 1. The van der Waals surface area contributed by atoms with Crippen molar-refractivity contribution in [1.82, 2.24) is 14.7 Å². The van der Waals surface area contributed by atoms with E-state index in [0.717, 1.165) is 5.75 Å². The fraction of sp³-hybridized carbons (Fsp3) is 0.412. The fourth-order valence-corrected chi connectivity index (χ4v) is 3.06. The van der Waals surface area contributed by atoms with Crippen molar-refractivity contribution in [1.29, 1.82) is 0 Å². The van der Waals surface area contributed by atoms with Crippen molar-refractivity contribution in [2.24, 2.45) is 0 Å². The average Bonchev–Trinajstić information content (AvgIpc) is 2.99. The normalized spacial score (nSPS) is 21.6. The van der Waals surface area contributed by atoms with Gasteiger partial charge in [0, 0.05) is 13.1 Å². The number of aromatic nitrogens is 2. The number of amides is 1. The Morgan fingerprint density at radius 3 is 2.76 bits per heavy atom. The summed E-state index contributed by atoms with van der Waals surface area (Å²) in [5, 5.41) is 4.38. The maximum absolute atomic E-state index is 12.8. The quantitative estimate of drug-likeness (QED) is 0.831. The van der Waals surface area contributed by atoms with Crippen LogP contribution in [0.15, 0.2) is 36.4 Å². The highest BCUT2D eigenvalue weighted by Gasteiger charge is 2.48. The second-order valence-electron chi connectivity index (χ2n) is 6.18. The third kappa shape index (κ3) is 3.34. The van der Waals surface area contributed by atoms with Crippen molar-refractivity contribution >= 4 is 5.91 Å². The highest BCUT2D eigenvalue weighted by atomic mass is 19.3. The fourth-order valence-electron chi connectivity index (χ4n) is 3.06. The summed E-state index contributed by atoms with van der Waals surface area (Å²) in [4.78, 5) is 14.1. The van der Waals surface area contributed by atoms with Gasteiger partial charge in [0.05, 0.1) is 19.1 Å². The van der Waals surface area contributed by atoms with Crippen LogP contribution in [0.3, 0.4) is 0 Å². The van der Waals surface area contributed by atoms with Crippen LogP contribution in [0.5, 0.6) is 5.75 Å². The summed E-state index contributed by atoms with van der Waals surface area (Å²) in [6, 6.07) is 11.0. The molecule has 1 unspecified atom stereocenters. The Morgan fingerprint density at radius 1 is 1.28 bits per heavy atom. The molecule has 2 aliphatic rings. The van der Waals surface area contributed by atoms with E-state index in [1.165, 1.54) is 0 Å². The minimum atomic E-state index is -3.05. The number of benzene rings is 1. The largest absolute Gasteiger partial charge is 0.487 e. The van der Waals surface area contributed by atoms with E-state index in [1.54, 1.807) is 15.6 Å². The van der Waals surface area contributed by atoms with Gasteiger partial charge < -0.3 is 14.4 Å². The number of para-hydroxylation sites is 1. The van der Waals surface area contributed by atoms with Gasteiger partial charge in [-0.15, -0.1) is 0 Å². The van der Waals surface area contributed by atoms with Crippen molar-refractivity contribution in [2.75, 3.05) is 13.1 Å². The molecule has 1 atom stereocenters. The molecule has 4 rings (SSSR count). The smallest absolute Gasteiger partial charge is 0.358 e. The average molecular weight is 349 g/mol. The van der Waals surface area contributed by atoms with Crippen LogP contribution >= 0.6 is 0 Å². The summed E-state index contributed by atoms with van der Waals surface area (Å²) in [7, 11) is 0. The second kappa shape index (κ2) is 6.11. The van der Waals surface area contributed by atoms with E-state index in [2.05, 4.69) is 9.84 Å². The van der Waals surface area contributed by atoms with E-state index in [-0.39, 0.29) is 25.5 Å². The van der Waals surface area contributed by atoms with E-state index >= 15 is 0 Å². The Hall–Kier alpha value is -2.48. The maximum Gasteiger partial charge on any atom is 0.358 e. The molecule has 2 aromatic rings. The number of ether oxygens (including phenoxy) is 2. The minimum absolute atomic E-state index is 0.176. The van der Waals surface area contributed by atoms with Gasteiger partial charge in [0.25, 0.3) is 5.91 Å². The van der Waals surface area contributed by atoms with E-state index in [0.29, 0.717) is 24.5 Å². The summed E-state index contributed by atoms with van der Waals surface area (Å²) in [6.07, 6.45) is -3.99. The zero-order valence-corrected chi connectivity index (χ0v) is 13.4. The van der Waals surface area contributed by atoms with Crippen LogP contribution in [0.25, 0.3) is 0 Å². The predicted molar refractivity (Wildman–Crippen MR) is 83.3 cm³/mol. The molecular weight excluding hydrogens is 332 g/mol. The van der Waals surface area contributed by atoms with Gasteiger partial charge in [0.2, 0.25) is 0 Å². The molecule has 1 aromatic heterocycles. The maximum atomic E-state index is 12.8. The lowest BCUT2D eigenvalue weighted by atomic mass is 10.1. The van der Waals surface area contributed by atoms with Crippen LogP contribution in [0, 0.1) is 0 Å². The number of halogens is 2. The Kier molecular flexibility index (Phi) is 3.91. The first-order chi connectivity index (χ1) is 12.0. The number of alkyl halides is 2. The lowest BCUT2D eigenvalue weighted by Gasteiger charge is -2.39. The summed E-state index contributed by atoms with van der Waals surface area (Å²) in [5.74, 6) is 0.507. The van der Waals surface area contributed by atoms with Gasteiger partial charge in [0.15, 0.2) is 0 Å². The van der Waals surface area contributed by atoms with E-state index in [9.17, 15) is 13.6 Å². The molecular formula is C17H17F2N3O3. The van der Waals surface area contributed by atoms with Crippen molar-refractivity contribution in [3.8, 4) is 5.75 Å². The van der Waals surface area contributed by atoms with Crippen molar-refractivity contribution < 1.29 is 23.0 Å². The molecule has 6 nitrogen and oxygen atoms in total. The molecule has 3 heterocycles. The zero-order valence-electron chi connectivity index (χ0n) is 13.4. The van der Waals surface area contributed by atoms with Gasteiger partial charge in [-0.3, -0.25) is 9.48 Å². The number of nitrogens with zero attached hydrogens (tertiary/aromatic N) is 3. The lowest BCUT2D eigenvalue weighted by molar-refractivity contribution is -0.351. The monoisotopic (exact) mass is 349 g/mol. The summed E-state index contributed by atoms with van der Waals surface area (Å²) >= 11 is 0. The Bertz CT molecular complexity index is 771. The lowest BCUT2D eigenvalue weighted by Crippen LogP contribution is -2.52. The highest BCUT2D eigenvalue weighted by Crippen LogP contribution is 2.36. The molecule has 0 spiro atoms. The van der Waals surface area contributed by atoms with E-state index < -0.39 is 12.2 Å². The van der Waals surface area contributed by atoms with E-state index in [4.69, 9.17) is 4.74 Å². The second-order valence-corrected chi connectivity index (χ2v) is 6.18. The van der Waals surface area contributed by atoms with Crippen molar-refractivity contribution in [3.05, 3.63) is 47.8 Å². The first-order valence-electron chi connectivity index (χ1n) is 8.10. The third-order valence-electron chi connectivity index (χ3n) is 4.28. The first-order valence-corrected chi connectivity index (χ1v) is 8.10. The minimum Gasteiger partial charge on any atom is -0.487 e. The molecule has 1 fully saturated rings. The van der Waals surface area contributed by atoms with Gasteiger partial charge in [-0.1, -0.05) is 18.2 Å². The molecule has 132 valence electrons. The molecule has 1 amide bonds. The van der Waals surface area contributed by atoms with Crippen LogP contribution in [0.2, 0.25) is 0 Å². The molecule has 8 heteroatoms. The molecule has 0 saturated carbocycles. The van der Waals surface area contributed by atoms with Crippen molar-refractivity contribution in [3.63, 3.8) is 0 Å². The van der Waals surface area contributed by atoms with Crippen molar-refractivity contribution in [2.45, 2.75) is 31.8 Å². The Labute approximate surface area is 142 Å². The standard InChI is InChI=1S/C17H17F2N3O3/c18-17(19)9-14(25-17)10-21-6-7-22-15(16(21)23)8-12(20-22)11-24-13-4-2-1-3-5-13/h1-5,8,14H,6-7,9-11H2. The topological polar surface area (TPSA) is 56.6 Å². The molecule has 1 saturated heterocycles. The molecule has 25 heavy (non-hydrogen) atoms. The summed E-state index contributed by atoms with van der Waals surface area (Å²) < 4.78 is 37.3. The zero-order chi connectivity index (χ0) is 17.4. The van der Waals surface area contributed by atoms with Gasteiger partial charge in [-0.2, -0.15) is 13.9 Å². The Balaban J connectivity index is 1.39. The van der Waals surface area contributed by atoms with Crippen LogP contribution in [0.4, 0.5) is 8.78 Å². The first kappa shape index (κ1) is 16.0. The van der Waals surface area contributed by atoms with Crippen LogP contribution < -0.4 is 4.74 Å².